The lowest BCUT2D eigenvalue weighted by Gasteiger charge is -2.05. The summed E-state index contributed by atoms with van der Waals surface area (Å²) in [5.74, 6) is -0.412. The van der Waals surface area contributed by atoms with E-state index < -0.39 is 0 Å². The average Bonchev–Trinajstić information content (AvgIpc) is 2.89. The minimum atomic E-state index is -0.282. The van der Waals surface area contributed by atoms with Crippen LogP contribution < -0.4 is 10.6 Å². The third kappa shape index (κ3) is 3.81. The summed E-state index contributed by atoms with van der Waals surface area (Å²) in [4.78, 5) is 15.5. The molecule has 2 N–H and O–H groups in total. The molecule has 1 heterocycles. The van der Waals surface area contributed by atoms with Crippen LogP contribution in [-0.4, -0.2) is 17.4 Å². The van der Waals surface area contributed by atoms with Crippen molar-refractivity contribution in [2.45, 2.75) is 6.54 Å². The van der Waals surface area contributed by atoms with Gasteiger partial charge < -0.3 is 10.6 Å². The second kappa shape index (κ2) is 6.11. The summed E-state index contributed by atoms with van der Waals surface area (Å²) in [6, 6.07) is 6.03. The highest BCUT2D eigenvalue weighted by Gasteiger charge is 2.02. The van der Waals surface area contributed by atoms with Gasteiger partial charge in [0.05, 0.1) is 6.54 Å². The summed E-state index contributed by atoms with van der Waals surface area (Å²) in [7, 11) is 0. The first-order valence-electron chi connectivity index (χ1n) is 5.38. The van der Waals surface area contributed by atoms with E-state index in [1.54, 1.807) is 18.3 Å². The van der Waals surface area contributed by atoms with Crippen molar-refractivity contribution in [3.8, 4) is 0 Å². The van der Waals surface area contributed by atoms with Crippen molar-refractivity contribution in [1.82, 2.24) is 10.3 Å². The highest BCUT2D eigenvalue weighted by molar-refractivity contribution is 7.13. The molecule has 0 aliphatic rings. The van der Waals surface area contributed by atoms with Crippen molar-refractivity contribution in [3.05, 3.63) is 47.2 Å². The normalized spacial score (nSPS) is 10.1. The van der Waals surface area contributed by atoms with E-state index in [9.17, 15) is 9.18 Å². The van der Waals surface area contributed by atoms with Gasteiger partial charge in [-0.05, 0) is 17.7 Å². The molecule has 2 aromatic rings. The van der Waals surface area contributed by atoms with Crippen LogP contribution in [0.1, 0.15) is 5.56 Å². The Labute approximate surface area is 108 Å². The summed E-state index contributed by atoms with van der Waals surface area (Å²) in [5, 5.41) is 8.19. The lowest BCUT2D eigenvalue weighted by Crippen LogP contribution is -2.29. The van der Waals surface area contributed by atoms with E-state index in [-0.39, 0.29) is 18.3 Å². The molecule has 1 amide bonds. The number of hydrogen-bond acceptors (Lipinski definition) is 4. The van der Waals surface area contributed by atoms with Crippen molar-refractivity contribution in [2.75, 3.05) is 11.9 Å². The van der Waals surface area contributed by atoms with E-state index in [2.05, 4.69) is 15.6 Å². The molecule has 0 saturated carbocycles. The Bertz CT molecular complexity index is 499. The van der Waals surface area contributed by atoms with E-state index in [1.165, 1.54) is 23.5 Å². The largest absolute Gasteiger partial charge is 0.352 e. The molecule has 0 fully saturated rings. The molecular weight excluding hydrogens is 253 g/mol. The number of aromatic nitrogens is 1. The van der Waals surface area contributed by atoms with Crippen LogP contribution >= 0.6 is 11.3 Å². The summed E-state index contributed by atoms with van der Waals surface area (Å²) in [5.41, 5.74) is 0.860. The molecule has 0 aliphatic carbocycles. The topological polar surface area (TPSA) is 54.0 Å². The van der Waals surface area contributed by atoms with Crippen LogP contribution in [0.2, 0.25) is 0 Å². The van der Waals surface area contributed by atoms with Crippen molar-refractivity contribution < 1.29 is 9.18 Å². The van der Waals surface area contributed by atoms with Gasteiger partial charge in [0, 0.05) is 18.1 Å². The Kier molecular flexibility index (Phi) is 4.25. The molecule has 0 saturated heterocycles. The van der Waals surface area contributed by atoms with E-state index in [0.29, 0.717) is 11.7 Å². The lowest BCUT2D eigenvalue weighted by atomic mass is 10.2. The second-order valence-electron chi connectivity index (χ2n) is 3.59. The van der Waals surface area contributed by atoms with Gasteiger partial charge in [-0.3, -0.25) is 4.79 Å². The molecule has 0 atom stereocenters. The maximum absolute atomic E-state index is 12.7. The van der Waals surface area contributed by atoms with Gasteiger partial charge in [-0.1, -0.05) is 12.1 Å². The highest BCUT2D eigenvalue weighted by atomic mass is 32.1. The molecule has 2 rings (SSSR count). The molecule has 0 unspecified atom stereocenters. The van der Waals surface area contributed by atoms with Crippen LogP contribution in [0.4, 0.5) is 9.52 Å². The highest BCUT2D eigenvalue weighted by Crippen LogP contribution is 2.09. The van der Waals surface area contributed by atoms with Gasteiger partial charge in [0.2, 0.25) is 5.91 Å². The lowest BCUT2D eigenvalue weighted by molar-refractivity contribution is -0.119. The third-order valence-electron chi connectivity index (χ3n) is 2.24. The SMILES string of the molecule is O=C(CNc1nccs1)NCc1ccc(F)cc1. The summed E-state index contributed by atoms with van der Waals surface area (Å²) in [6.45, 7) is 0.563. The number of nitrogens with zero attached hydrogens (tertiary/aromatic N) is 1. The Morgan fingerprint density at radius 3 is 2.78 bits per heavy atom. The van der Waals surface area contributed by atoms with E-state index in [0.717, 1.165) is 5.56 Å². The molecule has 6 heteroatoms. The maximum Gasteiger partial charge on any atom is 0.239 e. The molecule has 0 spiro atoms. The number of rotatable bonds is 5. The van der Waals surface area contributed by atoms with Gasteiger partial charge in [-0.2, -0.15) is 0 Å². The molecule has 0 aliphatic heterocycles. The molecule has 0 radical (unpaired) electrons. The number of halogens is 1. The number of carbonyl (C=O) groups excluding carboxylic acids is 1. The van der Waals surface area contributed by atoms with Crippen LogP contribution in [0, 0.1) is 5.82 Å². The monoisotopic (exact) mass is 265 g/mol. The fourth-order valence-electron chi connectivity index (χ4n) is 1.33. The van der Waals surface area contributed by atoms with E-state index >= 15 is 0 Å². The molecule has 4 nitrogen and oxygen atoms in total. The average molecular weight is 265 g/mol. The molecule has 1 aromatic heterocycles. The van der Waals surface area contributed by atoms with Gasteiger partial charge in [0.25, 0.3) is 0 Å². The predicted octanol–water partition coefficient (Wildman–Crippen LogP) is 2.01. The van der Waals surface area contributed by atoms with Crippen LogP contribution in [0.25, 0.3) is 0 Å². The van der Waals surface area contributed by atoms with E-state index in [1.807, 2.05) is 5.38 Å². The molecule has 1 aromatic carbocycles. The number of nitrogens with one attached hydrogen (secondary N) is 2. The van der Waals surface area contributed by atoms with Crippen molar-refractivity contribution >= 4 is 22.4 Å². The Morgan fingerprint density at radius 1 is 1.33 bits per heavy atom. The van der Waals surface area contributed by atoms with Crippen LogP contribution in [0.3, 0.4) is 0 Å². The Balaban J connectivity index is 1.73. The maximum atomic E-state index is 12.7. The standard InChI is InChI=1S/C12H12FN3OS/c13-10-3-1-9(2-4-10)7-15-11(17)8-16-12-14-5-6-18-12/h1-6H,7-8H2,(H,14,16)(H,15,17). The van der Waals surface area contributed by atoms with Gasteiger partial charge in [-0.25, -0.2) is 9.37 Å². The van der Waals surface area contributed by atoms with E-state index in [4.69, 9.17) is 0 Å². The van der Waals surface area contributed by atoms with Gasteiger partial charge >= 0.3 is 0 Å². The van der Waals surface area contributed by atoms with Crippen LogP contribution in [-0.2, 0) is 11.3 Å². The first kappa shape index (κ1) is 12.5. The van der Waals surface area contributed by atoms with Crippen LogP contribution in [0.15, 0.2) is 35.8 Å². The molecular formula is C12H12FN3OS. The zero-order valence-corrected chi connectivity index (χ0v) is 10.3. The zero-order valence-electron chi connectivity index (χ0n) is 9.52. The van der Waals surface area contributed by atoms with Crippen molar-refractivity contribution in [3.63, 3.8) is 0 Å². The van der Waals surface area contributed by atoms with Gasteiger partial charge in [0.15, 0.2) is 5.13 Å². The number of benzene rings is 1. The number of amides is 1. The third-order valence-corrected chi connectivity index (χ3v) is 2.97. The predicted molar refractivity (Wildman–Crippen MR) is 68.9 cm³/mol. The van der Waals surface area contributed by atoms with Gasteiger partial charge in [-0.15, -0.1) is 11.3 Å². The first-order valence-corrected chi connectivity index (χ1v) is 6.26. The van der Waals surface area contributed by atoms with Crippen molar-refractivity contribution in [2.24, 2.45) is 0 Å². The Morgan fingerprint density at radius 2 is 2.11 bits per heavy atom. The molecule has 18 heavy (non-hydrogen) atoms. The molecule has 0 bridgehead atoms. The summed E-state index contributed by atoms with van der Waals surface area (Å²) >= 11 is 1.44. The summed E-state index contributed by atoms with van der Waals surface area (Å²) in [6.07, 6.45) is 1.67. The Hall–Kier alpha value is -1.95. The number of hydrogen-bond donors (Lipinski definition) is 2. The fourth-order valence-corrected chi connectivity index (χ4v) is 1.86. The van der Waals surface area contributed by atoms with Crippen molar-refractivity contribution in [1.29, 1.82) is 0 Å². The molecule has 94 valence electrons. The second-order valence-corrected chi connectivity index (χ2v) is 4.49. The number of anilines is 1. The minimum absolute atomic E-state index is 0.130. The fraction of sp³-hybridized carbons (Fsp3) is 0.167. The minimum Gasteiger partial charge on any atom is -0.352 e. The van der Waals surface area contributed by atoms with Crippen LogP contribution in [0.5, 0.6) is 0 Å². The number of carbonyl (C=O) groups is 1. The zero-order chi connectivity index (χ0) is 12.8. The smallest absolute Gasteiger partial charge is 0.239 e. The van der Waals surface area contributed by atoms with Gasteiger partial charge in [0.1, 0.15) is 5.82 Å². The summed E-state index contributed by atoms with van der Waals surface area (Å²) < 4.78 is 12.7. The number of thiazole rings is 1. The first-order chi connectivity index (χ1) is 8.74. The quantitative estimate of drug-likeness (QED) is 0.869.